The van der Waals surface area contributed by atoms with Crippen LogP contribution in [-0.2, 0) is 16.0 Å². The van der Waals surface area contributed by atoms with Crippen molar-refractivity contribution in [1.29, 1.82) is 0 Å². The van der Waals surface area contributed by atoms with Gasteiger partial charge in [-0.15, -0.1) is 0 Å². The number of anilines is 1. The van der Waals surface area contributed by atoms with E-state index in [1.54, 1.807) is 35.2 Å². The number of methoxy groups -OCH3 is 1. The zero-order valence-electron chi connectivity index (χ0n) is 13.8. The van der Waals surface area contributed by atoms with Crippen molar-refractivity contribution in [2.45, 2.75) is 19.4 Å². The molecule has 0 radical (unpaired) electrons. The van der Waals surface area contributed by atoms with Crippen LogP contribution in [0.25, 0.3) is 0 Å². The summed E-state index contributed by atoms with van der Waals surface area (Å²) in [5.41, 5.74) is 1.83. The number of amides is 2. The molecule has 1 aromatic heterocycles. The molecule has 0 spiro atoms. The van der Waals surface area contributed by atoms with Gasteiger partial charge in [0.1, 0.15) is 11.8 Å². The Morgan fingerprint density at radius 3 is 2.62 bits per heavy atom. The Balaban J connectivity index is 1.69. The second-order valence-electron chi connectivity index (χ2n) is 5.76. The molecule has 1 atom stereocenters. The van der Waals surface area contributed by atoms with E-state index in [4.69, 9.17) is 4.74 Å². The number of nitrogens with zero attached hydrogens (tertiary/aromatic N) is 2. The van der Waals surface area contributed by atoms with Crippen LogP contribution < -0.4 is 9.64 Å². The third-order valence-corrected chi connectivity index (χ3v) is 5.03. The Hall–Kier alpha value is -2.34. The maximum atomic E-state index is 12.7. The number of piperazine rings is 1. The lowest BCUT2D eigenvalue weighted by molar-refractivity contribution is -0.140. The van der Waals surface area contributed by atoms with Crippen LogP contribution in [0.3, 0.4) is 0 Å². The molecule has 1 aliphatic heterocycles. The van der Waals surface area contributed by atoms with Crippen LogP contribution in [0.15, 0.2) is 41.1 Å². The predicted octanol–water partition coefficient (Wildman–Crippen LogP) is 2.56. The van der Waals surface area contributed by atoms with Gasteiger partial charge in [0.05, 0.1) is 13.5 Å². The van der Waals surface area contributed by atoms with E-state index in [0.717, 1.165) is 17.0 Å². The highest BCUT2D eigenvalue weighted by molar-refractivity contribution is 7.08. The van der Waals surface area contributed by atoms with E-state index in [9.17, 15) is 9.59 Å². The van der Waals surface area contributed by atoms with Crippen molar-refractivity contribution in [2.24, 2.45) is 0 Å². The van der Waals surface area contributed by atoms with E-state index < -0.39 is 6.04 Å². The van der Waals surface area contributed by atoms with Gasteiger partial charge in [-0.2, -0.15) is 11.3 Å². The van der Waals surface area contributed by atoms with Crippen molar-refractivity contribution in [3.8, 4) is 5.75 Å². The Morgan fingerprint density at radius 1 is 1.25 bits per heavy atom. The molecule has 1 fully saturated rings. The minimum absolute atomic E-state index is 0.00336. The molecule has 3 rings (SSSR count). The fourth-order valence-electron chi connectivity index (χ4n) is 2.90. The summed E-state index contributed by atoms with van der Waals surface area (Å²) < 4.78 is 5.15. The first-order valence-electron chi connectivity index (χ1n) is 7.86. The van der Waals surface area contributed by atoms with Gasteiger partial charge < -0.3 is 14.5 Å². The first-order valence-corrected chi connectivity index (χ1v) is 8.80. The topological polar surface area (TPSA) is 49.9 Å². The smallest absolute Gasteiger partial charge is 0.249 e. The zero-order valence-corrected chi connectivity index (χ0v) is 14.6. The minimum atomic E-state index is -0.452. The fraction of sp³-hybridized carbons (Fsp3) is 0.333. The monoisotopic (exact) mass is 344 g/mol. The van der Waals surface area contributed by atoms with E-state index >= 15 is 0 Å². The highest BCUT2D eigenvalue weighted by atomic mass is 32.1. The Labute approximate surface area is 145 Å². The molecule has 2 amide bonds. The van der Waals surface area contributed by atoms with Crippen molar-refractivity contribution in [2.75, 3.05) is 25.1 Å². The lowest BCUT2D eigenvalue weighted by atomic mass is 10.1. The number of thiophene rings is 1. The van der Waals surface area contributed by atoms with Gasteiger partial charge in [0, 0.05) is 18.8 Å². The largest absolute Gasteiger partial charge is 0.497 e. The van der Waals surface area contributed by atoms with Crippen molar-refractivity contribution < 1.29 is 14.3 Å². The SMILES string of the molecule is COc1ccc(N2CCN(C(=O)Cc3ccsc3)[C@H](C)C2=O)cc1. The summed E-state index contributed by atoms with van der Waals surface area (Å²) in [6.07, 6.45) is 0.351. The summed E-state index contributed by atoms with van der Waals surface area (Å²) >= 11 is 1.57. The van der Waals surface area contributed by atoms with Gasteiger partial charge >= 0.3 is 0 Å². The number of carbonyl (C=O) groups is 2. The van der Waals surface area contributed by atoms with Gasteiger partial charge in [-0.1, -0.05) is 0 Å². The number of rotatable bonds is 4. The van der Waals surface area contributed by atoms with Crippen molar-refractivity contribution in [3.05, 3.63) is 46.7 Å². The Kier molecular flexibility index (Phi) is 4.85. The molecule has 2 heterocycles. The molecule has 24 heavy (non-hydrogen) atoms. The van der Waals surface area contributed by atoms with Crippen LogP contribution in [-0.4, -0.2) is 43.0 Å². The van der Waals surface area contributed by atoms with Crippen molar-refractivity contribution >= 4 is 28.8 Å². The van der Waals surface area contributed by atoms with Crippen LogP contribution in [0, 0.1) is 0 Å². The summed E-state index contributed by atoms with van der Waals surface area (Å²) in [4.78, 5) is 28.6. The molecule has 0 unspecified atom stereocenters. The Bertz CT molecular complexity index is 712. The molecule has 1 aliphatic rings. The first kappa shape index (κ1) is 16.5. The second-order valence-corrected chi connectivity index (χ2v) is 6.54. The highest BCUT2D eigenvalue weighted by Crippen LogP contribution is 2.23. The summed E-state index contributed by atoms with van der Waals surface area (Å²) in [5, 5.41) is 3.93. The summed E-state index contributed by atoms with van der Waals surface area (Å²) in [7, 11) is 1.61. The lowest BCUT2D eigenvalue weighted by Gasteiger charge is -2.39. The maximum absolute atomic E-state index is 12.7. The minimum Gasteiger partial charge on any atom is -0.497 e. The molecule has 126 valence electrons. The van der Waals surface area contributed by atoms with Crippen molar-refractivity contribution in [1.82, 2.24) is 4.90 Å². The molecule has 0 saturated carbocycles. The molecular weight excluding hydrogens is 324 g/mol. The van der Waals surface area contributed by atoms with Gasteiger partial charge in [0.25, 0.3) is 0 Å². The lowest BCUT2D eigenvalue weighted by Crippen LogP contribution is -2.58. The molecule has 1 saturated heterocycles. The Morgan fingerprint density at radius 2 is 2.00 bits per heavy atom. The molecular formula is C18H20N2O3S. The van der Waals surface area contributed by atoms with Gasteiger partial charge in [-0.05, 0) is 53.6 Å². The molecule has 6 heteroatoms. The number of hydrogen-bond acceptors (Lipinski definition) is 4. The van der Waals surface area contributed by atoms with Crippen molar-refractivity contribution in [3.63, 3.8) is 0 Å². The van der Waals surface area contributed by atoms with Gasteiger partial charge in [-0.3, -0.25) is 9.59 Å². The summed E-state index contributed by atoms with van der Waals surface area (Å²) in [6, 6.07) is 8.90. The van der Waals surface area contributed by atoms with E-state index in [0.29, 0.717) is 19.5 Å². The predicted molar refractivity (Wildman–Crippen MR) is 94.5 cm³/mol. The van der Waals surface area contributed by atoms with E-state index in [2.05, 4.69) is 0 Å². The number of hydrogen-bond donors (Lipinski definition) is 0. The number of benzene rings is 1. The first-order chi connectivity index (χ1) is 11.6. The third kappa shape index (κ3) is 3.28. The zero-order chi connectivity index (χ0) is 17.1. The van der Waals surface area contributed by atoms with E-state index in [1.165, 1.54) is 0 Å². The average Bonchev–Trinajstić information content (AvgIpc) is 3.10. The molecule has 1 aromatic carbocycles. The van der Waals surface area contributed by atoms with Crippen LogP contribution in [0.2, 0.25) is 0 Å². The molecule has 0 bridgehead atoms. The summed E-state index contributed by atoms with van der Waals surface area (Å²) in [5.74, 6) is 0.706. The maximum Gasteiger partial charge on any atom is 0.249 e. The highest BCUT2D eigenvalue weighted by Gasteiger charge is 2.34. The molecule has 0 N–H and O–H groups in total. The standard InChI is InChI=1S/C18H20N2O3S/c1-13-18(22)20(15-3-5-16(23-2)6-4-15)9-8-19(13)17(21)11-14-7-10-24-12-14/h3-7,10,12-13H,8-9,11H2,1-2H3/t13-/m1/s1. The van der Waals surface area contributed by atoms with Gasteiger partial charge in [0.15, 0.2) is 0 Å². The summed E-state index contributed by atoms with van der Waals surface area (Å²) in [6.45, 7) is 2.84. The third-order valence-electron chi connectivity index (χ3n) is 4.30. The molecule has 0 aliphatic carbocycles. The molecule has 2 aromatic rings. The second kappa shape index (κ2) is 7.05. The normalized spacial score (nSPS) is 17.9. The van der Waals surface area contributed by atoms with Gasteiger partial charge in [0.2, 0.25) is 11.8 Å². The molecule has 5 nitrogen and oxygen atoms in total. The quantitative estimate of drug-likeness (QED) is 0.856. The fourth-order valence-corrected chi connectivity index (χ4v) is 3.57. The van der Waals surface area contributed by atoms with E-state index in [1.807, 2.05) is 41.1 Å². The number of ether oxygens (including phenoxy) is 1. The number of carbonyl (C=O) groups excluding carboxylic acids is 2. The van der Waals surface area contributed by atoms with Crippen LogP contribution >= 0.6 is 11.3 Å². The van der Waals surface area contributed by atoms with Crippen LogP contribution in [0.4, 0.5) is 5.69 Å². The van der Waals surface area contributed by atoms with Crippen LogP contribution in [0.1, 0.15) is 12.5 Å². The van der Waals surface area contributed by atoms with Crippen LogP contribution in [0.5, 0.6) is 5.75 Å². The van der Waals surface area contributed by atoms with Gasteiger partial charge in [-0.25, -0.2) is 0 Å². The van der Waals surface area contributed by atoms with E-state index in [-0.39, 0.29) is 11.8 Å². The average molecular weight is 344 g/mol.